The minimum atomic E-state index is -0.565. The Hall–Kier alpha value is -3.32. The Morgan fingerprint density at radius 1 is 0.871 bits per heavy atom. The molecule has 0 aliphatic rings. The molecule has 0 unspecified atom stereocenters. The number of ketones is 1. The van der Waals surface area contributed by atoms with Gasteiger partial charge in [0.2, 0.25) is 0 Å². The molecule has 0 aliphatic carbocycles. The molecule has 0 spiro atoms. The number of carbonyl (C=O) groups is 3. The van der Waals surface area contributed by atoms with E-state index in [2.05, 4.69) is 0 Å². The first-order valence-corrected chi connectivity index (χ1v) is 10.6. The first-order valence-electron chi connectivity index (χ1n) is 9.57. The van der Waals surface area contributed by atoms with Crippen LogP contribution in [0.4, 0.5) is 0 Å². The predicted molar refractivity (Wildman–Crippen MR) is 119 cm³/mol. The highest BCUT2D eigenvalue weighted by atomic mass is 32.2. The summed E-state index contributed by atoms with van der Waals surface area (Å²) in [4.78, 5) is 38.2. The minimum Gasteiger partial charge on any atom is -0.465 e. The topological polar surface area (TPSA) is 74.6 Å². The van der Waals surface area contributed by atoms with E-state index in [1.807, 2.05) is 54.8 Å². The second-order valence-corrected chi connectivity index (χ2v) is 7.95. The van der Waals surface area contributed by atoms with Gasteiger partial charge < -0.3 is 14.0 Å². The number of benzene rings is 2. The molecule has 31 heavy (non-hydrogen) atoms. The third-order valence-electron chi connectivity index (χ3n) is 4.86. The zero-order valence-electron chi connectivity index (χ0n) is 17.8. The van der Waals surface area contributed by atoms with Gasteiger partial charge >= 0.3 is 11.9 Å². The molecule has 0 radical (unpaired) electrons. The Labute approximate surface area is 185 Å². The van der Waals surface area contributed by atoms with Gasteiger partial charge in [0.1, 0.15) is 0 Å². The van der Waals surface area contributed by atoms with Gasteiger partial charge in [-0.2, -0.15) is 0 Å². The summed E-state index contributed by atoms with van der Waals surface area (Å²) in [6.45, 7) is 3.72. The lowest BCUT2D eigenvalue weighted by Crippen LogP contribution is -2.10. The number of ether oxygens (including phenoxy) is 2. The van der Waals surface area contributed by atoms with Crippen LogP contribution in [0.5, 0.6) is 0 Å². The Kier molecular flexibility index (Phi) is 6.97. The number of carbonyl (C=O) groups excluding carboxylic acids is 3. The Morgan fingerprint density at radius 2 is 1.45 bits per heavy atom. The van der Waals surface area contributed by atoms with Gasteiger partial charge in [-0.25, -0.2) is 9.59 Å². The molecule has 2 aromatic carbocycles. The second kappa shape index (κ2) is 9.66. The van der Waals surface area contributed by atoms with Crippen LogP contribution in [0.2, 0.25) is 0 Å². The number of rotatable bonds is 7. The molecule has 0 amide bonds. The van der Waals surface area contributed by atoms with E-state index in [9.17, 15) is 14.4 Å². The highest BCUT2D eigenvalue weighted by molar-refractivity contribution is 8.00. The van der Waals surface area contributed by atoms with Crippen molar-refractivity contribution in [2.24, 2.45) is 0 Å². The molecule has 6 nitrogen and oxygen atoms in total. The zero-order chi connectivity index (χ0) is 22.5. The Morgan fingerprint density at radius 3 is 2.00 bits per heavy atom. The molecule has 160 valence electrons. The number of methoxy groups -OCH3 is 2. The largest absolute Gasteiger partial charge is 0.465 e. The minimum absolute atomic E-state index is 0.00511. The van der Waals surface area contributed by atoms with Crippen LogP contribution >= 0.6 is 11.8 Å². The van der Waals surface area contributed by atoms with Crippen LogP contribution in [-0.2, 0) is 9.47 Å². The smallest absolute Gasteiger partial charge is 0.337 e. The molecule has 0 bridgehead atoms. The highest BCUT2D eigenvalue weighted by Gasteiger charge is 2.20. The van der Waals surface area contributed by atoms with E-state index in [-0.39, 0.29) is 16.9 Å². The number of aryl methyl sites for hydroxylation is 1. The molecule has 0 saturated carbocycles. The third kappa shape index (κ3) is 4.88. The summed E-state index contributed by atoms with van der Waals surface area (Å²) < 4.78 is 11.5. The summed E-state index contributed by atoms with van der Waals surface area (Å²) in [5, 5.41) is 0. The van der Waals surface area contributed by atoms with Crippen LogP contribution in [0.1, 0.15) is 42.5 Å². The van der Waals surface area contributed by atoms with E-state index in [4.69, 9.17) is 9.47 Å². The molecule has 7 heteroatoms. The number of nitrogens with zero attached hydrogens (tertiary/aromatic N) is 1. The second-order valence-electron chi connectivity index (χ2n) is 6.90. The van der Waals surface area contributed by atoms with Crippen LogP contribution in [0, 0.1) is 13.8 Å². The van der Waals surface area contributed by atoms with Crippen molar-refractivity contribution >= 4 is 29.5 Å². The van der Waals surface area contributed by atoms with Crippen LogP contribution in [0.15, 0.2) is 59.5 Å². The first-order chi connectivity index (χ1) is 14.8. The fourth-order valence-corrected chi connectivity index (χ4v) is 4.20. The van der Waals surface area contributed by atoms with Crippen LogP contribution < -0.4 is 0 Å². The number of hydrogen-bond acceptors (Lipinski definition) is 6. The lowest BCUT2D eigenvalue weighted by atomic mass is 10.1. The lowest BCUT2D eigenvalue weighted by molar-refractivity contribution is 0.0599. The molecule has 0 N–H and O–H groups in total. The Balaban J connectivity index is 1.98. The van der Waals surface area contributed by atoms with E-state index >= 15 is 0 Å². The summed E-state index contributed by atoms with van der Waals surface area (Å²) in [6.07, 6.45) is 0. The lowest BCUT2D eigenvalue weighted by Gasteiger charge is -2.13. The van der Waals surface area contributed by atoms with Gasteiger partial charge in [0.15, 0.2) is 5.78 Å². The average Bonchev–Trinajstić information content (AvgIpc) is 3.10. The van der Waals surface area contributed by atoms with E-state index < -0.39 is 11.9 Å². The van der Waals surface area contributed by atoms with Crippen LogP contribution in [0.3, 0.4) is 0 Å². The fraction of sp³-hybridized carbons (Fsp3) is 0.208. The summed E-state index contributed by atoms with van der Waals surface area (Å²) >= 11 is 1.48. The monoisotopic (exact) mass is 437 g/mol. The summed E-state index contributed by atoms with van der Waals surface area (Å²) in [5.74, 6) is -0.815. The van der Waals surface area contributed by atoms with Crippen molar-refractivity contribution in [1.82, 2.24) is 4.57 Å². The number of esters is 2. The zero-order valence-corrected chi connectivity index (χ0v) is 18.6. The van der Waals surface area contributed by atoms with Gasteiger partial charge in [0, 0.05) is 27.5 Å². The van der Waals surface area contributed by atoms with Crippen molar-refractivity contribution in [2.45, 2.75) is 18.7 Å². The van der Waals surface area contributed by atoms with Crippen molar-refractivity contribution < 1.29 is 23.9 Å². The molecule has 3 rings (SSSR count). The average molecular weight is 438 g/mol. The number of Topliss-reactive ketones (excluding diaryl/α,β-unsaturated/α-hetero) is 1. The summed E-state index contributed by atoms with van der Waals surface area (Å²) in [5.41, 5.74) is 3.16. The van der Waals surface area contributed by atoms with E-state index in [1.54, 1.807) is 12.1 Å². The van der Waals surface area contributed by atoms with Crippen LogP contribution in [-0.4, -0.2) is 42.3 Å². The predicted octanol–water partition coefficient (Wildman–Crippen LogP) is 4.64. The third-order valence-corrected chi connectivity index (χ3v) is 5.87. The van der Waals surface area contributed by atoms with Gasteiger partial charge in [0.05, 0.1) is 31.1 Å². The quantitative estimate of drug-likeness (QED) is 0.304. The van der Waals surface area contributed by atoms with E-state index in [1.165, 1.54) is 32.0 Å². The molecule has 0 fully saturated rings. The molecular weight excluding hydrogens is 414 g/mol. The molecule has 1 aromatic heterocycles. The summed E-state index contributed by atoms with van der Waals surface area (Å²) in [7, 11) is 2.56. The van der Waals surface area contributed by atoms with Crippen molar-refractivity contribution in [3.8, 4) is 5.69 Å². The molecular formula is C24H23NO5S. The van der Waals surface area contributed by atoms with Crippen molar-refractivity contribution in [1.29, 1.82) is 0 Å². The number of aromatic nitrogens is 1. The van der Waals surface area contributed by atoms with Crippen molar-refractivity contribution in [3.63, 3.8) is 0 Å². The van der Waals surface area contributed by atoms with Gasteiger partial charge in [-0.1, -0.05) is 18.2 Å². The Bertz CT molecular complexity index is 1100. The van der Waals surface area contributed by atoms with E-state index in [0.29, 0.717) is 17.0 Å². The molecule has 1 heterocycles. The van der Waals surface area contributed by atoms with Crippen molar-refractivity contribution in [3.05, 3.63) is 82.7 Å². The standard InChI is InChI=1S/C24H23NO5S/c1-15-10-21(22(26)14-31-20-8-6-5-7-9-20)16(2)25(15)19-12-17(23(27)29-3)11-18(13-19)24(28)30-4/h5-13H,14H2,1-4H3. The molecule has 3 aromatic rings. The number of thioether (sulfide) groups is 1. The maximum atomic E-state index is 12.9. The first kappa shape index (κ1) is 22.4. The van der Waals surface area contributed by atoms with Gasteiger partial charge in [-0.15, -0.1) is 11.8 Å². The number of hydrogen-bond donors (Lipinski definition) is 0. The maximum Gasteiger partial charge on any atom is 0.337 e. The highest BCUT2D eigenvalue weighted by Crippen LogP contribution is 2.26. The maximum absolute atomic E-state index is 12.9. The van der Waals surface area contributed by atoms with Gasteiger partial charge in [-0.05, 0) is 50.2 Å². The van der Waals surface area contributed by atoms with E-state index in [0.717, 1.165) is 16.3 Å². The fourth-order valence-electron chi connectivity index (χ4n) is 3.40. The van der Waals surface area contributed by atoms with Crippen LogP contribution in [0.25, 0.3) is 5.69 Å². The van der Waals surface area contributed by atoms with Gasteiger partial charge in [0.25, 0.3) is 0 Å². The molecule has 0 aliphatic heterocycles. The van der Waals surface area contributed by atoms with Crippen molar-refractivity contribution in [2.75, 3.05) is 20.0 Å². The van der Waals surface area contributed by atoms with Gasteiger partial charge in [-0.3, -0.25) is 4.79 Å². The normalized spacial score (nSPS) is 10.6. The summed E-state index contributed by atoms with van der Waals surface area (Å²) in [6, 6.07) is 16.3. The molecule has 0 saturated heterocycles. The SMILES string of the molecule is COC(=O)c1cc(C(=O)OC)cc(-n2c(C)cc(C(=O)CSc3ccccc3)c2C)c1. The molecule has 0 atom stereocenters.